The summed E-state index contributed by atoms with van der Waals surface area (Å²) in [6, 6.07) is 6.76. The van der Waals surface area contributed by atoms with E-state index >= 15 is 0 Å². The van der Waals surface area contributed by atoms with E-state index in [-0.39, 0.29) is 18.2 Å². The molecule has 3 rings (SSSR count). The van der Waals surface area contributed by atoms with Crippen LogP contribution in [0.1, 0.15) is 53.5 Å². The third-order valence-corrected chi connectivity index (χ3v) is 7.02. The van der Waals surface area contributed by atoms with Crippen molar-refractivity contribution in [3.63, 3.8) is 0 Å². The van der Waals surface area contributed by atoms with Gasteiger partial charge in [-0.05, 0) is 36.6 Å². The summed E-state index contributed by atoms with van der Waals surface area (Å²) in [6.07, 6.45) is 5.44. The number of hydrogen-bond donors (Lipinski definition) is 1. The van der Waals surface area contributed by atoms with Crippen molar-refractivity contribution in [3.8, 4) is 0 Å². The van der Waals surface area contributed by atoms with Gasteiger partial charge in [0.05, 0.1) is 17.6 Å². The zero-order valence-corrected chi connectivity index (χ0v) is 20.8. The van der Waals surface area contributed by atoms with Gasteiger partial charge in [-0.15, -0.1) is 10.2 Å². The van der Waals surface area contributed by atoms with Crippen LogP contribution in [0.5, 0.6) is 0 Å². The van der Waals surface area contributed by atoms with Gasteiger partial charge in [-0.25, -0.2) is 4.79 Å². The van der Waals surface area contributed by atoms with Crippen molar-refractivity contribution in [2.45, 2.75) is 39.0 Å². The number of anilines is 1. The summed E-state index contributed by atoms with van der Waals surface area (Å²) in [6.45, 7) is 2.47. The number of amides is 2. The highest BCUT2D eigenvalue weighted by atomic mass is 32.2. The Morgan fingerprint density at radius 2 is 1.97 bits per heavy atom. The zero-order valence-electron chi connectivity index (χ0n) is 18.3. The SMILES string of the molecule is CCCCc1nnc(NC(=O)CCCN2C(=O)/C(=C/c3ccc(C(=O)OC)cc3)SC2=S)s1. The van der Waals surface area contributed by atoms with Gasteiger partial charge in [0.2, 0.25) is 11.0 Å². The number of methoxy groups -OCH3 is 1. The van der Waals surface area contributed by atoms with Crippen molar-refractivity contribution < 1.29 is 19.1 Å². The third kappa shape index (κ3) is 6.92. The van der Waals surface area contributed by atoms with Crippen molar-refractivity contribution in [2.24, 2.45) is 0 Å². The van der Waals surface area contributed by atoms with Crippen LogP contribution in [0.4, 0.5) is 5.13 Å². The maximum atomic E-state index is 12.8. The van der Waals surface area contributed by atoms with Gasteiger partial charge >= 0.3 is 5.97 Å². The molecule has 2 heterocycles. The Kier molecular flexibility index (Phi) is 9.10. The molecule has 11 heteroatoms. The lowest BCUT2D eigenvalue weighted by Gasteiger charge is -2.13. The first kappa shape index (κ1) is 25.0. The molecule has 2 aromatic rings. The highest BCUT2D eigenvalue weighted by Crippen LogP contribution is 2.32. The summed E-state index contributed by atoms with van der Waals surface area (Å²) in [5, 5.41) is 12.3. The lowest BCUT2D eigenvalue weighted by atomic mass is 10.1. The molecule has 8 nitrogen and oxygen atoms in total. The van der Waals surface area contributed by atoms with Crippen LogP contribution in [0, 0.1) is 0 Å². The molecule has 33 heavy (non-hydrogen) atoms. The molecule has 1 saturated heterocycles. The number of esters is 1. The number of nitrogens with one attached hydrogen (secondary N) is 1. The summed E-state index contributed by atoms with van der Waals surface area (Å²) in [4.78, 5) is 38.5. The minimum Gasteiger partial charge on any atom is -0.465 e. The predicted molar refractivity (Wildman–Crippen MR) is 134 cm³/mol. The summed E-state index contributed by atoms with van der Waals surface area (Å²) in [5.74, 6) is -0.771. The number of aryl methyl sites for hydroxylation is 1. The van der Waals surface area contributed by atoms with E-state index in [1.807, 2.05) is 0 Å². The van der Waals surface area contributed by atoms with E-state index in [4.69, 9.17) is 12.2 Å². The molecule has 0 bridgehead atoms. The number of ether oxygens (including phenoxy) is 1. The van der Waals surface area contributed by atoms with E-state index < -0.39 is 5.97 Å². The van der Waals surface area contributed by atoms with Gasteiger partial charge in [0, 0.05) is 19.4 Å². The Labute approximate surface area is 205 Å². The Bertz CT molecular complexity index is 1070. The van der Waals surface area contributed by atoms with E-state index in [9.17, 15) is 14.4 Å². The molecule has 0 radical (unpaired) electrons. The van der Waals surface area contributed by atoms with Gasteiger partial charge in [0.25, 0.3) is 5.91 Å². The van der Waals surface area contributed by atoms with Crippen molar-refractivity contribution in [1.82, 2.24) is 15.1 Å². The molecule has 1 aromatic carbocycles. The molecular formula is C22H24N4O4S3. The topological polar surface area (TPSA) is 101 Å². The number of thioether (sulfide) groups is 1. The second-order valence-corrected chi connectivity index (χ2v) is 9.94. The van der Waals surface area contributed by atoms with Gasteiger partial charge in [0.1, 0.15) is 9.33 Å². The first-order chi connectivity index (χ1) is 15.9. The molecular weight excluding hydrogens is 480 g/mol. The second kappa shape index (κ2) is 12.0. The lowest BCUT2D eigenvalue weighted by molar-refractivity contribution is -0.122. The fraction of sp³-hybridized carbons (Fsp3) is 0.364. The van der Waals surface area contributed by atoms with Crippen LogP contribution in [-0.4, -0.2) is 50.9 Å². The number of nitrogens with zero attached hydrogens (tertiary/aromatic N) is 3. The lowest BCUT2D eigenvalue weighted by Crippen LogP contribution is -2.29. The Morgan fingerprint density at radius 1 is 1.21 bits per heavy atom. The van der Waals surface area contributed by atoms with Gasteiger partial charge in [0.15, 0.2) is 0 Å². The molecule has 1 aromatic heterocycles. The van der Waals surface area contributed by atoms with E-state index in [2.05, 4.69) is 27.2 Å². The monoisotopic (exact) mass is 504 g/mol. The number of hydrogen-bond acceptors (Lipinski definition) is 9. The molecule has 0 atom stereocenters. The molecule has 1 aliphatic heterocycles. The summed E-state index contributed by atoms with van der Waals surface area (Å²) >= 11 is 7.96. The molecule has 1 fully saturated rings. The normalized spacial score (nSPS) is 14.7. The van der Waals surface area contributed by atoms with Gasteiger partial charge < -0.3 is 10.1 Å². The van der Waals surface area contributed by atoms with E-state index in [1.54, 1.807) is 30.3 Å². The van der Waals surface area contributed by atoms with Crippen LogP contribution in [0.3, 0.4) is 0 Å². The van der Waals surface area contributed by atoms with Crippen molar-refractivity contribution >= 4 is 68.6 Å². The number of unbranched alkanes of at least 4 members (excludes halogenated alkanes) is 1. The second-order valence-electron chi connectivity index (χ2n) is 7.20. The molecule has 1 aliphatic rings. The highest BCUT2D eigenvalue weighted by molar-refractivity contribution is 8.26. The number of carbonyl (C=O) groups excluding carboxylic acids is 3. The minimum atomic E-state index is -0.417. The van der Waals surface area contributed by atoms with Gasteiger partial charge in [-0.2, -0.15) is 0 Å². The Hall–Kier alpha value is -2.63. The van der Waals surface area contributed by atoms with Crippen molar-refractivity contribution in [3.05, 3.63) is 45.3 Å². The van der Waals surface area contributed by atoms with Crippen LogP contribution in [0.2, 0.25) is 0 Å². The number of thiocarbonyl (C=S) groups is 1. The third-order valence-electron chi connectivity index (χ3n) is 4.75. The van der Waals surface area contributed by atoms with Crippen LogP contribution in [-0.2, 0) is 20.7 Å². The summed E-state index contributed by atoms with van der Waals surface area (Å²) in [5.41, 5.74) is 1.21. The first-order valence-electron chi connectivity index (χ1n) is 10.5. The number of rotatable bonds is 10. The fourth-order valence-electron chi connectivity index (χ4n) is 2.99. The molecule has 174 valence electrons. The average Bonchev–Trinajstić information content (AvgIpc) is 3.36. The van der Waals surface area contributed by atoms with Gasteiger partial charge in [-0.1, -0.05) is 60.8 Å². The Morgan fingerprint density at radius 3 is 2.67 bits per heavy atom. The van der Waals surface area contributed by atoms with E-state index in [0.29, 0.717) is 32.9 Å². The Balaban J connectivity index is 1.49. The maximum absolute atomic E-state index is 12.8. The van der Waals surface area contributed by atoms with E-state index in [0.717, 1.165) is 29.8 Å². The van der Waals surface area contributed by atoms with Gasteiger partial charge in [-0.3, -0.25) is 14.5 Å². The molecule has 0 unspecified atom stereocenters. The minimum absolute atomic E-state index is 0.167. The maximum Gasteiger partial charge on any atom is 0.337 e. The predicted octanol–water partition coefficient (Wildman–Crippen LogP) is 4.29. The molecule has 1 N–H and O–H groups in total. The number of carbonyl (C=O) groups is 3. The molecule has 2 amide bonds. The molecule has 0 spiro atoms. The van der Waals surface area contributed by atoms with Crippen LogP contribution < -0.4 is 5.32 Å². The molecule has 0 aliphatic carbocycles. The highest BCUT2D eigenvalue weighted by Gasteiger charge is 2.31. The quantitative estimate of drug-likeness (QED) is 0.291. The summed E-state index contributed by atoms with van der Waals surface area (Å²) < 4.78 is 5.15. The van der Waals surface area contributed by atoms with Crippen LogP contribution in [0.15, 0.2) is 29.2 Å². The van der Waals surface area contributed by atoms with Crippen molar-refractivity contribution in [1.29, 1.82) is 0 Å². The van der Waals surface area contributed by atoms with Crippen LogP contribution >= 0.6 is 35.3 Å². The van der Waals surface area contributed by atoms with E-state index in [1.165, 1.54) is 35.1 Å². The number of benzene rings is 1. The largest absolute Gasteiger partial charge is 0.465 e. The van der Waals surface area contributed by atoms with Crippen molar-refractivity contribution in [2.75, 3.05) is 19.0 Å². The smallest absolute Gasteiger partial charge is 0.337 e. The fourth-order valence-corrected chi connectivity index (χ4v) is 5.10. The van der Waals surface area contributed by atoms with Crippen LogP contribution in [0.25, 0.3) is 6.08 Å². The molecule has 0 saturated carbocycles. The standard InChI is InChI=1S/C22H24N4O4S3/c1-3-4-7-18-24-25-21(33-18)23-17(27)6-5-12-26-19(28)16(32-22(26)31)13-14-8-10-15(11-9-14)20(29)30-2/h8-11,13H,3-7,12H2,1-2H3,(H,23,25,27)/b16-13-. The zero-order chi connectivity index (χ0) is 23.8. The first-order valence-corrected chi connectivity index (χ1v) is 12.5. The number of aromatic nitrogens is 2. The average molecular weight is 505 g/mol. The summed E-state index contributed by atoms with van der Waals surface area (Å²) in [7, 11) is 1.33.